The van der Waals surface area contributed by atoms with Crippen molar-refractivity contribution in [2.45, 2.75) is 49.2 Å². The number of hydrogen-bond acceptors (Lipinski definition) is 9. The third-order valence-corrected chi connectivity index (χ3v) is 3.88. The monoisotopic (exact) mass is 293 g/mol. The lowest BCUT2D eigenvalue weighted by Crippen LogP contribution is -2.43. The Labute approximate surface area is 112 Å². The van der Waals surface area contributed by atoms with Crippen molar-refractivity contribution in [3.8, 4) is 0 Å². The van der Waals surface area contributed by atoms with Crippen LogP contribution in [0.4, 0.5) is 0 Å². The molecule has 0 radical (unpaired) electrons. The first-order valence-electron chi connectivity index (χ1n) is 6.00. The molecule has 0 aromatic heterocycles. The van der Waals surface area contributed by atoms with Crippen molar-refractivity contribution in [2.75, 3.05) is 6.61 Å². The van der Waals surface area contributed by atoms with Gasteiger partial charge in [-0.1, -0.05) is 15.5 Å². The topological polar surface area (TPSA) is 149 Å². The van der Waals surface area contributed by atoms with Gasteiger partial charge in [0, 0.05) is 23.3 Å². The summed E-state index contributed by atoms with van der Waals surface area (Å²) in [5.74, 6) is 0. The molecule has 5 atom stereocenters. The minimum Gasteiger partial charge on any atom is -0.396 e. The van der Waals surface area contributed by atoms with E-state index in [9.17, 15) is 24.9 Å². The van der Waals surface area contributed by atoms with Gasteiger partial charge in [-0.3, -0.25) is 0 Å². The fourth-order valence-electron chi connectivity index (χ4n) is 1.70. The highest BCUT2D eigenvalue weighted by Gasteiger charge is 2.37. The molecule has 0 aromatic rings. The summed E-state index contributed by atoms with van der Waals surface area (Å²) in [6.45, 7) is -0.401. The zero-order valence-corrected chi connectivity index (χ0v) is 12.6. The molecule has 0 fully saturated rings. The van der Waals surface area contributed by atoms with Crippen LogP contribution in [0.5, 0.6) is 0 Å². The van der Waals surface area contributed by atoms with Crippen molar-refractivity contribution in [3.63, 3.8) is 0 Å². The van der Waals surface area contributed by atoms with Gasteiger partial charge in [-0.2, -0.15) is 14.7 Å². The van der Waals surface area contributed by atoms with E-state index in [0.29, 0.717) is 16.3 Å². The third kappa shape index (κ3) is 5.59. The van der Waals surface area contributed by atoms with Crippen LogP contribution >= 0.6 is 0 Å². The van der Waals surface area contributed by atoms with Crippen molar-refractivity contribution in [3.05, 3.63) is 14.7 Å². The number of aliphatic hydroxyl groups excluding tert-OH is 3. The van der Waals surface area contributed by atoms with Gasteiger partial charge in [-0.15, -0.1) is 0 Å². The number of rotatable bonds is 11. The standard InChI is InChI=1S/C9H19N3O6Si/c13-2-1-6(10-16)9(15)8(12-18)7(11-17)3-5(14)4-19/h5-9,13-15H,1-4H2,19H3. The summed E-state index contributed by atoms with van der Waals surface area (Å²) >= 11 is 0. The molecule has 5 unspecified atom stereocenters. The Kier molecular flexibility index (Phi) is 9.21. The lowest BCUT2D eigenvalue weighted by atomic mass is 9.93. The van der Waals surface area contributed by atoms with E-state index in [2.05, 4.69) is 15.5 Å². The summed E-state index contributed by atoms with van der Waals surface area (Å²) in [5.41, 5.74) is 0. The predicted octanol–water partition coefficient (Wildman–Crippen LogP) is -1.33. The van der Waals surface area contributed by atoms with E-state index < -0.39 is 36.9 Å². The van der Waals surface area contributed by atoms with Crippen molar-refractivity contribution in [1.82, 2.24) is 0 Å². The Morgan fingerprint density at radius 2 is 1.58 bits per heavy atom. The van der Waals surface area contributed by atoms with Gasteiger partial charge in [0.05, 0.1) is 6.10 Å². The van der Waals surface area contributed by atoms with Gasteiger partial charge in [0.2, 0.25) is 0 Å². The van der Waals surface area contributed by atoms with E-state index in [1.165, 1.54) is 0 Å². The molecular formula is C9H19N3O6Si. The van der Waals surface area contributed by atoms with Crippen LogP contribution in [-0.2, 0) is 0 Å². The fraction of sp³-hybridized carbons (Fsp3) is 1.00. The molecule has 0 saturated carbocycles. The molecule has 0 saturated heterocycles. The van der Waals surface area contributed by atoms with E-state index >= 15 is 0 Å². The molecule has 0 aliphatic carbocycles. The third-order valence-electron chi connectivity index (χ3n) is 2.94. The second-order valence-corrected chi connectivity index (χ2v) is 5.06. The lowest BCUT2D eigenvalue weighted by molar-refractivity contribution is 0.0834. The molecule has 0 rings (SSSR count). The van der Waals surface area contributed by atoms with Gasteiger partial charge < -0.3 is 15.3 Å². The average Bonchev–Trinajstić information content (AvgIpc) is 2.43. The maximum atomic E-state index is 10.8. The molecule has 0 aromatic carbocycles. The van der Waals surface area contributed by atoms with Gasteiger partial charge in [-0.05, 0) is 12.5 Å². The van der Waals surface area contributed by atoms with Crippen LogP contribution in [0.1, 0.15) is 12.8 Å². The number of hydrogen-bond donors (Lipinski definition) is 3. The van der Waals surface area contributed by atoms with Gasteiger partial charge in [0.25, 0.3) is 0 Å². The SMILES string of the molecule is O=NC(CCO)C(O)C(N=O)C(CC(O)C[SiH3])N=O. The van der Waals surface area contributed by atoms with Gasteiger partial charge >= 0.3 is 0 Å². The van der Waals surface area contributed by atoms with Crippen molar-refractivity contribution >= 4 is 10.2 Å². The second kappa shape index (κ2) is 9.78. The van der Waals surface area contributed by atoms with E-state index in [-0.39, 0.29) is 12.8 Å². The van der Waals surface area contributed by atoms with Crippen molar-refractivity contribution in [1.29, 1.82) is 0 Å². The van der Waals surface area contributed by atoms with Crippen LogP contribution in [0.3, 0.4) is 0 Å². The Morgan fingerprint density at radius 1 is 1.00 bits per heavy atom. The van der Waals surface area contributed by atoms with Crippen LogP contribution in [0.2, 0.25) is 6.04 Å². The minimum absolute atomic E-state index is 0.106. The summed E-state index contributed by atoms with van der Waals surface area (Å²) in [6, 6.07) is -3.45. The van der Waals surface area contributed by atoms with Gasteiger partial charge in [0.15, 0.2) is 0 Å². The Bertz CT molecular complexity index is 295. The van der Waals surface area contributed by atoms with E-state index in [1.54, 1.807) is 0 Å². The molecule has 3 N–H and O–H groups in total. The lowest BCUT2D eigenvalue weighted by Gasteiger charge is -2.24. The molecule has 10 heteroatoms. The quantitative estimate of drug-likeness (QED) is 0.317. The zero-order valence-electron chi connectivity index (χ0n) is 10.6. The molecule has 0 aliphatic rings. The molecule has 19 heavy (non-hydrogen) atoms. The Hall–Kier alpha value is -1.10. The van der Waals surface area contributed by atoms with Gasteiger partial charge in [0.1, 0.15) is 24.2 Å². The first-order chi connectivity index (χ1) is 9.05. The first kappa shape index (κ1) is 17.9. The largest absolute Gasteiger partial charge is 0.396 e. The van der Waals surface area contributed by atoms with Crippen molar-refractivity contribution in [2.24, 2.45) is 15.5 Å². The van der Waals surface area contributed by atoms with Crippen LogP contribution in [0.25, 0.3) is 0 Å². The molecule has 0 amide bonds. The summed E-state index contributed by atoms with van der Waals surface area (Å²) in [5, 5.41) is 35.9. The normalized spacial score (nSPS) is 19.1. The fourth-order valence-corrected chi connectivity index (χ4v) is 2.03. The Balaban J connectivity index is 4.87. The van der Waals surface area contributed by atoms with Crippen LogP contribution < -0.4 is 0 Å². The summed E-state index contributed by atoms with van der Waals surface area (Å²) in [7, 11) is 0.706. The minimum atomic E-state index is -1.61. The van der Waals surface area contributed by atoms with Crippen molar-refractivity contribution < 1.29 is 15.3 Å². The molecule has 0 heterocycles. The number of nitrogens with zero attached hydrogens (tertiary/aromatic N) is 3. The molecule has 0 spiro atoms. The smallest absolute Gasteiger partial charge is 0.146 e. The zero-order chi connectivity index (χ0) is 14.8. The maximum absolute atomic E-state index is 10.8. The summed E-state index contributed by atoms with van der Waals surface area (Å²) in [6.07, 6.45) is -2.66. The van der Waals surface area contributed by atoms with E-state index in [4.69, 9.17) is 5.11 Å². The summed E-state index contributed by atoms with van der Waals surface area (Å²) < 4.78 is 0. The number of aliphatic hydroxyl groups is 3. The highest BCUT2D eigenvalue weighted by molar-refractivity contribution is 6.08. The highest BCUT2D eigenvalue weighted by atomic mass is 28.1. The predicted molar refractivity (Wildman–Crippen MR) is 71.8 cm³/mol. The van der Waals surface area contributed by atoms with Crippen LogP contribution in [-0.4, -0.2) is 62.5 Å². The molecule has 0 bridgehead atoms. The highest BCUT2D eigenvalue weighted by Crippen LogP contribution is 2.20. The number of nitroso groups, excluding NO2 is 3. The van der Waals surface area contributed by atoms with E-state index in [1.807, 2.05) is 0 Å². The maximum Gasteiger partial charge on any atom is 0.146 e. The molecule has 110 valence electrons. The van der Waals surface area contributed by atoms with E-state index in [0.717, 1.165) is 0 Å². The Morgan fingerprint density at radius 3 is 1.95 bits per heavy atom. The van der Waals surface area contributed by atoms with Crippen LogP contribution in [0, 0.1) is 14.7 Å². The average molecular weight is 293 g/mol. The first-order valence-corrected chi connectivity index (χ1v) is 7.41. The molecular weight excluding hydrogens is 274 g/mol. The van der Waals surface area contributed by atoms with Gasteiger partial charge in [-0.25, -0.2) is 0 Å². The second-order valence-electron chi connectivity index (χ2n) is 4.24. The summed E-state index contributed by atoms with van der Waals surface area (Å²) in [4.78, 5) is 32.0. The molecule has 9 nitrogen and oxygen atoms in total. The van der Waals surface area contributed by atoms with Crippen LogP contribution in [0.15, 0.2) is 15.5 Å². The molecule has 0 aliphatic heterocycles.